The molecule has 1 aromatic carbocycles. The van der Waals surface area contributed by atoms with Gasteiger partial charge in [0.05, 0.1) is 24.1 Å². The largest absolute Gasteiger partial charge is 0.467 e. The lowest BCUT2D eigenvalue weighted by molar-refractivity contribution is -0.154. The summed E-state index contributed by atoms with van der Waals surface area (Å²) in [5.74, 6) is -0.124. The Morgan fingerprint density at radius 1 is 1.24 bits per heavy atom. The van der Waals surface area contributed by atoms with E-state index in [-0.39, 0.29) is 11.9 Å². The highest BCUT2D eigenvalue weighted by molar-refractivity contribution is 9.10. The normalized spacial score (nSPS) is 16.4. The van der Waals surface area contributed by atoms with Crippen molar-refractivity contribution in [1.29, 1.82) is 0 Å². The lowest BCUT2D eigenvalue weighted by atomic mass is 9.98. The van der Waals surface area contributed by atoms with Crippen molar-refractivity contribution >= 4 is 15.9 Å². The number of benzene rings is 1. The number of halogens is 4. The molecule has 0 spiro atoms. The molecule has 2 aromatic rings. The summed E-state index contributed by atoms with van der Waals surface area (Å²) in [4.78, 5) is 10.4. The van der Waals surface area contributed by atoms with Gasteiger partial charge in [-0.15, -0.1) is 0 Å². The van der Waals surface area contributed by atoms with Gasteiger partial charge in [0.1, 0.15) is 0 Å². The second kappa shape index (κ2) is 7.29. The lowest BCUT2D eigenvalue weighted by Crippen LogP contribution is -2.33. The molecule has 3 rings (SSSR count). The summed E-state index contributed by atoms with van der Waals surface area (Å²) >= 11 is 3.49. The molecular formula is C17H17BrF3N3O. The van der Waals surface area contributed by atoms with E-state index in [1.54, 1.807) is 0 Å². The molecule has 1 unspecified atom stereocenters. The molecule has 25 heavy (non-hydrogen) atoms. The third-order valence-corrected chi connectivity index (χ3v) is 4.71. The molecule has 0 aliphatic carbocycles. The summed E-state index contributed by atoms with van der Waals surface area (Å²) in [7, 11) is 0. The zero-order chi connectivity index (χ0) is 18.0. The Bertz CT molecular complexity index is 737. The van der Waals surface area contributed by atoms with E-state index in [9.17, 15) is 13.2 Å². The molecule has 0 bridgehead atoms. The number of rotatable bonds is 4. The monoisotopic (exact) mass is 415 g/mol. The Labute approximate surface area is 152 Å². The van der Waals surface area contributed by atoms with Crippen molar-refractivity contribution in [2.75, 3.05) is 13.2 Å². The summed E-state index contributed by atoms with van der Waals surface area (Å²) in [6.07, 6.45) is -0.713. The highest BCUT2D eigenvalue weighted by atomic mass is 79.9. The van der Waals surface area contributed by atoms with Gasteiger partial charge in [-0.3, -0.25) is 9.88 Å². The number of ether oxygens (including phenoxy) is 1. The van der Waals surface area contributed by atoms with Gasteiger partial charge in [-0.1, -0.05) is 22.0 Å². The topological polar surface area (TPSA) is 38.3 Å². The van der Waals surface area contributed by atoms with E-state index < -0.39 is 12.8 Å². The van der Waals surface area contributed by atoms with E-state index >= 15 is 0 Å². The van der Waals surface area contributed by atoms with Crippen LogP contribution in [0.2, 0.25) is 0 Å². The highest BCUT2D eigenvalue weighted by Crippen LogP contribution is 2.28. The molecule has 1 atom stereocenters. The van der Waals surface area contributed by atoms with Crippen molar-refractivity contribution < 1.29 is 17.9 Å². The van der Waals surface area contributed by atoms with Crippen LogP contribution in [-0.2, 0) is 13.0 Å². The first-order chi connectivity index (χ1) is 11.8. The minimum atomic E-state index is -4.39. The van der Waals surface area contributed by atoms with Crippen LogP contribution in [0.3, 0.4) is 0 Å². The van der Waals surface area contributed by atoms with Crippen LogP contribution < -0.4 is 4.74 Å². The maximum absolute atomic E-state index is 12.2. The molecule has 1 aliphatic heterocycles. The van der Waals surface area contributed by atoms with Gasteiger partial charge in [0.2, 0.25) is 5.88 Å². The summed E-state index contributed by atoms with van der Waals surface area (Å²) in [5.41, 5.74) is 3.32. The molecule has 0 fully saturated rings. The molecular weight excluding hydrogens is 399 g/mol. The predicted molar refractivity (Wildman–Crippen MR) is 90.3 cm³/mol. The van der Waals surface area contributed by atoms with Crippen LogP contribution in [-0.4, -0.2) is 34.2 Å². The van der Waals surface area contributed by atoms with Crippen molar-refractivity contribution in [1.82, 2.24) is 14.9 Å². The molecule has 134 valence electrons. The fourth-order valence-corrected chi connectivity index (χ4v) is 3.25. The molecule has 4 nitrogen and oxygen atoms in total. The first-order valence-electron chi connectivity index (χ1n) is 7.85. The molecule has 0 amide bonds. The van der Waals surface area contributed by atoms with Crippen molar-refractivity contribution in [3.05, 3.63) is 51.9 Å². The lowest BCUT2D eigenvalue weighted by Gasteiger charge is -2.33. The average molecular weight is 416 g/mol. The predicted octanol–water partition coefficient (Wildman–Crippen LogP) is 4.30. The molecule has 1 aromatic heterocycles. The Kier molecular flexibility index (Phi) is 5.29. The number of aromatic nitrogens is 2. The summed E-state index contributed by atoms with van der Waals surface area (Å²) in [6, 6.07) is 6.31. The van der Waals surface area contributed by atoms with Gasteiger partial charge >= 0.3 is 6.18 Å². The third kappa shape index (κ3) is 4.70. The van der Waals surface area contributed by atoms with Crippen LogP contribution in [0.15, 0.2) is 35.1 Å². The van der Waals surface area contributed by atoms with Crippen molar-refractivity contribution in [2.24, 2.45) is 0 Å². The quantitative estimate of drug-likeness (QED) is 0.745. The summed E-state index contributed by atoms with van der Waals surface area (Å²) < 4.78 is 42.1. The van der Waals surface area contributed by atoms with E-state index in [4.69, 9.17) is 0 Å². The van der Waals surface area contributed by atoms with Gasteiger partial charge in [0.15, 0.2) is 6.61 Å². The number of nitrogens with zero attached hydrogens (tertiary/aromatic N) is 3. The molecule has 2 heterocycles. The standard InChI is InChI=1S/C17H17BrF3N3O/c1-11(15-7-23-16(8-22-15)25-10-17(19,20)21)24-5-4-12-2-3-14(18)6-13(12)9-24/h2-3,6-8,11H,4-5,9-10H2,1H3. The van der Waals surface area contributed by atoms with E-state index in [1.807, 2.05) is 13.0 Å². The van der Waals surface area contributed by atoms with Crippen LogP contribution in [0.1, 0.15) is 29.8 Å². The Morgan fingerprint density at radius 2 is 2.04 bits per heavy atom. The van der Waals surface area contributed by atoms with Gasteiger partial charge in [-0.05, 0) is 36.6 Å². The molecule has 8 heteroatoms. The molecule has 1 aliphatic rings. The number of fused-ring (bicyclic) bond motifs is 1. The second-order valence-corrected chi connectivity index (χ2v) is 6.91. The highest BCUT2D eigenvalue weighted by Gasteiger charge is 2.29. The Balaban J connectivity index is 1.66. The maximum atomic E-state index is 12.2. The van der Waals surface area contributed by atoms with Crippen molar-refractivity contribution in [3.63, 3.8) is 0 Å². The Hall–Kier alpha value is -1.67. The fraction of sp³-hybridized carbons (Fsp3) is 0.412. The van der Waals surface area contributed by atoms with E-state index in [0.29, 0.717) is 5.69 Å². The first-order valence-corrected chi connectivity index (χ1v) is 8.64. The zero-order valence-corrected chi connectivity index (χ0v) is 15.1. The summed E-state index contributed by atoms with van der Waals surface area (Å²) in [5, 5.41) is 0. The van der Waals surface area contributed by atoms with Crippen LogP contribution in [0.5, 0.6) is 5.88 Å². The van der Waals surface area contributed by atoms with Gasteiger partial charge in [0, 0.05) is 17.6 Å². The van der Waals surface area contributed by atoms with E-state index in [1.165, 1.54) is 23.5 Å². The second-order valence-electron chi connectivity index (χ2n) is 5.99. The van der Waals surface area contributed by atoms with Crippen molar-refractivity contribution in [3.8, 4) is 5.88 Å². The molecule has 0 radical (unpaired) electrons. The fourth-order valence-electron chi connectivity index (χ4n) is 2.84. The molecule has 0 N–H and O–H groups in total. The van der Waals surface area contributed by atoms with Gasteiger partial charge in [-0.25, -0.2) is 4.98 Å². The SMILES string of the molecule is CC(c1cnc(OCC(F)(F)F)cn1)N1CCc2ccc(Br)cc2C1. The zero-order valence-electron chi connectivity index (χ0n) is 13.6. The van der Waals surface area contributed by atoms with Crippen LogP contribution in [0, 0.1) is 0 Å². The Morgan fingerprint density at radius 3 is 2.72 bits per heavy atom. The average Bonchev–Trinajstić information content (AvgIpc) is 2.58. The number of alkyl halides is 3. The molecule has 0 saturated heterocycles. The third-order valence-electron chi connectivity index (χ3n) is 4.22. The van der Waals surface area contributed by atoms with Crippen molar-refractivity contribution in [2.45, 2.75) is 32.1 Å². The van der Waals surface area contributed by atoms with E-state index in [0.717, 1.165) is 24.0 Å². The number of hydrogen-bond acceptors (Lipinski definition) is 4. The van der Waals surface area contributed by atoms with Crippen LogP contribution >= 0.6 is 15.9 Å². The van der Waals surface area contributed by atoms with Gasteiger partial charge in [-0.2, -0.15) is 13.2 Å². The van der Waals surface area contributed by atoms with Gasteiger partial charge in [0.25, 0.3) is 0 Å². The van der Waals surface area contributed by atoms with E-state index in [2.05, 4.69) is 47.7 Å². The van der Waals surface area contributed by atoms with Crippen LogP contribution in [0.4, 0.5) is 13.2 Å². The summed E-state index contributed by atoms with van der Waals surface area (Å²) in [6.45, 7) is 2.34. The van der Waals surface area contributed by atoms with Gasteiger partial charge < -0.3 is 4.74 Å². The maximum Gasteiger partial charge on any atom is 0.422 e. The first kappa shape index (κ1) is 18.1. The van der Waals surface area contributed by atoms with Crippen LogP contribution in [0.25, 0.3) is 0 Å². The minimum absolute atomic E-state index is 0.0105. The smallest absolute Gasteiger partial charge is 0.422 e. The molecule has 0 saturated carbocycles. The minimum Gasteiger partial charge on any atom is -0.467 e. The number of hydrogen-bond donors (Lipinski definition) is 0.